The standard InChI is InChI=1S/C20H22F4N4O3S/c1-19(2)18(25)28-20(3,17(24)32(19,30)31)12-8-11(5-6-13(12)21)27-16(29)14-7-4-10(9-26-14)15(22)23/h4-9,15,17,30-31H,1-3H3,(H2,25,28)(H,27,29)/t17?,20-/m1/s1. The first-order valence-electron chi connectivity index (χ1n) is 9.34. The molecule has 32 heavy (non-hydrogen) atoms. The van der Waals surface area contributed by atoms with E-state index in [9.17, 15) is 27.1 Å². The lowest BCUT2D eigenvalue weighted by Gasteiger charge is -2.55. The number of anilines is 1. The van der Waals surface area contributed by atoms with Gasteiger partial charge in [0.1, 0.15) is 27.6 Å². The molecule has 0 aliphatic carbocycles. The van der Waals surface area contributed by atoms with Gasteiger partial charge in [-0.1, -0.05) is 0 Å². The van der Waals surface area contributed by atoms with Crippen molar-refractivity contribution in [1.82, 2.24) is 4.98 Å². The lowest BCUT2D eigenvalue weighted by atomic mass is 9.91. The molecule has 1 aliphatic heterocycles. The van der Waals surface area contributed by atoms with Crippen LogP contribution in [0.1, 0.15) is 48.8 Å². The Morgan fingerprint density at radius 2 is 1.88 bits per heavy atom. The number of benzene rings is 1. The number of rotatable bonds is 4. The highest BCUT2D eigenvalue weighted by molar-refractivity contribution is 8.26. The maximum Gasteiger partial charge on any atom is 0.274 e. The molecule has 1 amide bonds. The molecule has 12 heteroatoms. The highest BCUT2D eigenvalue weighted by Crippen LogP contribution is 2.64. The van der Waals surface area contributed by atoms with Crippen LogP contribution in [0.15, 0.2) is 41.5 Å². The normalized spacial score (nSPS) is 25.2. The first-order chi connectivity index (χ1) is 14.7. The molecular weight excluding hydrogens is 452 g/mol. The molecule has 1 aromatic carbocycles. The summed E-state index contributed by atoms with van der Waals surface area (Å²) in [7, 11) is -4.00. The fourth-order valence-corrected chi connectivity index (χ4v) is 4.90. The number of nitrogens with zero attached hydrogens (tertiary/aromatic N) is 2. The van der Waals surface area contributed by atoms with E-state index >= 15 is 4.39 Å². The third-order valence-electron chi connectivity index (χ3n) is 5.49. The molecule has 1 unspecified atom stereocenters. The lowest BCUT2D eigenvalue weighted by Crippen LogP contribution is -2.55. The summed E-state index contributed by atoms with van der Waals surface area (Å²) in [4.78, 5) is 20.1. The summed E-state index contributed by atoms with van der Waals surface area (Å²) in [5.41, 5.74) is 0.531. The van der Waals surface area contributed by atoms with Crippen LogP contribution >= 0.6 is 10.6 Å². The number of aromatic nitrogens is 1. The Bertz CT molecular complexity index is 1080. The van der Waals surface area contributed by atoms with Crippen LogP contribution in [0.4, 0.5) is 23.2 Å². The minimum atomic E-state index is -4.00. The van der Waals surface area contributed by atoms with E-state index in [-0.39, 0.29) is 28.3 Å². The van der Waals surface area contributed by atoms with E-state index in [1.807, 2.05) is 0 Å². The number of hydrogen-bond acceptors (Lipinski definition) is 6. The number of hydrogen-bond donors (Lipinski definition) is 4. The van der Waals surface area contributed by atoms with E-state index in [0.29, 0.717) is 0 Å². The molecule has 0 spiro atoms. The second-order valence-electron chi connectivity index (χ2n) is 7.99. The number of carbonyl (C=O) groups is 1. The maximum atomic E-state index is 15.4. The first-order valence-corrected chi connectivity index (χ1v) is 10.9. The van der Waals surface area contributed by atoms with Crippen molar-refractivity contribution in [1.29, 1.82) is 0 Å². The number of halogens is 4. The summed E-state index contributed by atoms with van der Waals surface area (Å²) in [6.07, 6.45) is -1.88. The molecule has 2 heterocycles. The minimum absolute atomic E-state index is 0.0228. The molecule has 174 valence electrons. The Balaban J connectivity index is 1.97. The molecule has 0 saturated carbocycles. The third-order valence-corrected chi connectivity index (χ3v) is 8.24. The van der Waals surface area contributed by atoms with Crippen molar-refractivity contribution in [3.05, 3.63) is 59.2 Å². The van der Waals surface area contributed by atoms with E-state index in [1.54, 1.807) is 0 Å². The van der Waals surface area contributed by atoms with Gasteiger partial charge in [-0.05, 0) is 51.1 Å². The van der Waals surface area contributed by atoms with Crippen LogP contribution < -0.4 is 11.1 Å². The number of amidine groups is 1. The zero-order valence-corrected chi connectivity index (χ0v) is 18.1. The number of carbonyl (C=O) groups excluding carboxylic acids is 1. The Hall–Kier alpha value is -2.70. The van der Waals surface area contributed by atoms with Crippen LogP contribution in [0, 0.1) is 5.82 Å². The number of aliphatic imine (C=N–C) groups is 1. The predicted octanol–water partition coefficient (Wildman–Crippen LogP) is 4.82. The molecule has 0 bridgehead atoms. The molecule has 7 nitrogen and oxygen atoms in total. The monoisotopic (exact) mass is 474 g/mol. The van der Waals surface area contributed by atoms with E-state index in [2.05, 4.69) is 15.3 Å². The van der Waals surface area contributed by atoms with Crippen LogP contribution in [0.5, 0.6) is 0 Å². The number of nitrogens with one attached hydrogen (secondary N) is 1. The van der Waals surface area contributed by atoms with E-state index in [4.69, 9.17) is 5.73 Å². The summed E-state index contributed by atoms with van der Waals surface area (Å²) in [5, 5.41) is 2.42. The van der Waals surface area contributed by atoms with Gasteiger partial charge in [-0.2, -0.15) is 10.6 Å². The molecule has 0 radical (unpaired) electrons. The van der Waals surface area contributed by atoms with Gasteiger partial charge >= 0.3 is 0 Å². The summed E-state index contributed by atoms with van der Waals surface area (Å²) in [6, 6.07) is 5.39. The minimum Gasteiger partial charge on any atom is -0.386 e. The maximum absolute atomic E-state index is 15.4. The first kappa shape index (κ1) is 24.0. The van der Waals surface area contributed by atoms with Crippen molar-refractivity contribution in [3.63, 3.8) is 0 Å². The molecule has 5 N–H and O–H groups in total. The Kier molecular flexibility index (Phi) is 6.00. The predicted molar refractivity (Wildman–Crippen MR) is 114 cm³/mol. The van der Waals surface area contributed by atoms with Gasteiger partial charge in [0.15, 0.2) is 0 Å². The van der Waals surface area contributed by atoms with Crippen molar-refractivity contribution < 1.29 is 31.5 Å². The quantitative estimate of drug-likeness (QED) is 0.474. The zero-order chi connectivity index (χ0) is 24.1. The average molecular weight is 474 g/mol. The number of pyridine rings is 1. The highest BCUT2D eigenvalue weighted by Gasteiger charge is 2.57. The number of amides is 1. The van der Waals surface area contributed by atoms with Crippen molar-refractivity contribution in [2.24, 2.45) is 10.7 Å². The van der Waals surface area contributed by atoms with Crippen LogP contribution in [-0.2, 0) is 5.54 Å². The summed E-state index contributed by atoms with van der Waals surface area (Å²) < 4.78 is 74.8. The molecule has 0 fully saturated rings. The van der Waals surface area contributed by atoms with Crippen LogP contribution in [0.3, 0.4) is 0 Å². The van der Waals surface area contributed by atoms with Crippen molar-refractivity contribution >= 4 is 28.0 Å². The molecular formula is C20H22F4N4O3S. The molecule has 1 aliphatic rings. The molecule has 2 atom stereocenters. The van der Waals surface area contributed by atoms with Crippen molar-refractivity contribution in [2.75, 3.05) is 5.32 Å². The van der Waals surface area contributed by atoms with Gasteiger partial charge in [0, 0.05) is 23.0 Å². The molecule has 3 rings (SSSR count). The Morgan fingerprint density at radius 3 is 2.44 bits per heavy atom. The number of nitrogens with two attached hydrogens (primary N) is 1. The smallest absolute Gasteiger partial charge is 0.274 e. The van der Waals surface area contributed by atoms with E-state index in [1.165, 1.54) is 26.8 Å². The van der Waals surface area contributed by atoms with Gasteiger partial charge in [0.2, 0.25) is 5.50 Å². The molecule has 1 aromatic heterocycles. The molecule has 0 saturated heterocycles. The van der Waals surface area contributed by atoms with E-state index < -0.39 is 44.5 Å². The molecule has 2 aromatic rings. The second-order valence-corrected chi connectivity index (χ2v) is 10.6. The third kappa shape index (κ3) is 3.82. The van der Waals surface area contributed by atoms with Crippen LogP contribution in [0.25, 0.3) is 0 Å². The van der Waals surface area contributed by atoms with Crippen molar-refractivity contribution in [3.8, 4) is 0 Å². The zero-order valence-electron chi connectivity index (χ0n) is 17.3. The highest BCUT2D eigenvalue weighted by atomic mass is 32.3. The second kappa shape index (κ2) is 8.01. The SMILES string of the molecule is CC1(C)C(N)=N[C@](C)(c2cc(NC(=O)c3ccc(C(F)F)cn3)ccc2F)C(F)S1(O)O. The van der Waals surface area contributed by atoms with Crippen LogP contribution in [-0.4, -0.2) is 36.1 Å². The summed E-state index contributed by atoms with van der Waals surface area (Å²) in [5.74, 6) is -1.94. The number of alkyl halides is 3. The van der Waals surface area contributed by atoms with Gasteiger partial charge in [0.05, 0.1) is 0 Å². The Morgan fingerprint density at radius 1 is 1.22 bits per heavy atom. The van der Waals surface area contributed by atoms with Gasteiger partial charge < -0.3 is 11.1 Å². The van der Waals surface area contributed by atoms with Gasteiger partial charge in [0.25, 0.3) is 12.3 Å². The van der Waals surface area contributed by atoms with Crippen molar-refractivity contribution in [2.45, 2.75) is 43.0 Å². The van der Waals surface area contributed by atoms with Crippen LogP contribution in [0.2, 0.25) is 0 Å². The Labute approximate surface area is 183 Å². The largest absolute Gasteiger partial charge is 0.386 e. The summed E-state index contributed by atoms with van der Waals surface area (Å²) >= 11 is 0. The van der Waals surface area contributed by atoms with Gasteiger partial charge in [-0.25, -0.2) is 17.6 Å². The van der Waals surface area contributed by atoms with Gasteiger partial charge in [-0.3, -0.25) is 23.9 Å². The topological polar surface area (TPSA) is 121 Å². The fraction of sp³-hybridized carbons (Fsp3) is 0.350. The summed E-state index contributed by atoms with van der Waals surface area (Å²) in [6.45, 7) is 3.82. The average Bonchev–Trinajstić information content (AvgIpc) is 2.73. The fourth-order valence-electron chi connectivity index (χ4n) is 3.21. The van der Waals surface area contributed by atoms with E-state index in [0.717, 1.165) is 30.5 Å². The lowest BCUT2D eigenvalue weighted by molar-refractivity contribution is 0.102. The van der Waals surface area contributed by atoms with Gasteiger partial charge in [-0.15, -0.1) is 0 Å².